The fourth-order valence-electron chi connectivity index (χ4n) is 5.22. The number of aromatic nitrogens is 1. The zero-order valence-corrected chi connectivity index (χ0v) is 19.6. The second-order valence-electron chi connectivity index (χ2n) is 9.49. The van der Waals surface area contributed by atoms with Gasteiger partial charge in [-0.1, -0.05) is 37.5 Å². The number of nitrogens with zero attached hydrogens (tertiary/aromatic N) is 3. The summed E-state index contributed by atoms with van der Waals surface area (Å²) >= 11 is 0. The number of rotatable bonds is 7. The highest BCUT2D eigenvalue weighted by molar-refractivity contribution is 5.78. The quantitative estimate of drug-likeness (QED) is 0.635. The van der Waals surface area contributed by atoms with Crippen LogP contribution in [-0.4, -0.2) is 60.5 Å². The van der Waals surface area contributed by atoms with Crippen LogP contribution in [0.1, 0.15) is 67.7 Å². The van der Waals surface area contributed by atoms with Gasteiger partial charge in [-0.25, -0.2) is 0 Å². The number of ether oxygens (including phenoxy) is 1. The van der Waals surface area contributed by atoms with Crippen LogP contribution in [-0.2, 0) is 11.2 Å². The van der Waals surface area contributed by atoms with Gasteiger partial charge in [-0.2, -0.15) is 0 Å². The highest BCUT2D eigenvalue weighted by atomic mass is 16.5. The van der Waals surface area contributed by atoms with Gasteiger partial charge in [0.05, 0.1) is 13.7 Å². The fraction of sp³-hybridized carbons (Fsp3) is 0.556. The number of likely N-dealkylation sites (tertiary alicyclic amines) is 1. The van der Waals surface area contributed by atoms with Crippen molar-refractivity contribution in [2.24, 2.45) is 0 Å². The van der Waals surface area contributed by atoms with Gasteiger partial charge in [0.15, 0.2) is 0 Å². The van der Waals surface area contributed by atoms with Crippen LogP contribution in [0.5, 0.6) is 5.75 Å². The van der Waals surface area contributed by atoms with Gasteiger partial charge in [-0.3, -0.25) is 14.7 Å². The molecule has 32 heavy (non-hydrogen) atoms. The fourth-order valence-corrected chi connectivity index (χ4v) is 5.22. The first-order valence-corrected chi connectivity index (χ1v) is 12.2. The molecule has 1 atom stereocenters. The Morgan fingerprint density at radius 3 is 2.69 bits per heavy atom. The number of piperidine rings is 1. The van der Waals surface area contributed by atoms with Crippen molar-refractivity contribution >= 4 is 5.91 Å². The number of hydrogen-bond acceptors (Lipinski definition) is 4. The Kier molecular flexibility index (Phi) is 7.80. The lowest BCUT2D eigenvalue weighted by molar-refractivity contribution is -0.134. The van der Waals surface area contributed by atoms with E-state index in [0.29, 0.717) is 18.5 Å². The molecule has 0 N–H and O–H groups in total. The molecule has 4 rings (SSSR count). The molecule has 0 radical (unpaired) electrons. The predicted octanol–water partition coefficient (Wildman–Crippen LogP) is 4.65. The van der Waals surface area contributed by atoms with E-state index < -0.39 is 0 Å². The summed E-state index contributed by atoms with van der Waals surface area (Å²) in [7, 11) is 3.70. The molecule has 1 amide bonds. The molecule has 5 heteroatoms. The maximum absolute atomic E-state index is 12.9. The number of carbonyl (C=O) groups excluding carboxylic acids is 1. The minimum atomic E-state index is 0.277. The van der Waals surface area contributed by atoms with Crippen molar-refractivity contribution in [1.29, 1.82) is 0 Å². The normalized spacial score (nSPS) is 20.1. The first-order valence-electron chi connectivity index (χ1n) is 12.2. The molecule has 1 saturated heterocycles. The van der Waals surface area contributed by atoms with Gasteiger partial charge in [-0.05, 0) is 68.0 Å². The van der Waals surface area contributed by atoms with Crippen LogP contribution >= 0.6 is 0 Å². The summed E-state index contributed by atoms with van der Waals surface area (Å²) in [5.74, 6) is 1.57. The Labute approximate surface area is 192 Å². The van der Waals surface area contributed by atoms with Crippen LogP contribution in [0.4, 0.5) is 0 Å². The van der Waals surface area contributed by atoms with Gasteiger partial charge in [0.1, 0.15) is 5.75 Å². The van der Waals surface area contributed by atoms with Gasteiger partial charge in [0.25, 0.3) is 0 Å². The molecule has 0 unspecified atom stereocenters. The maximum atomic E-state index is 12.9. The van der Waals surface area contributed by atoms with E-state index in [9.17, 15) is 4.79 Å². The molecule has 1 aliphatic carbocycles. The number of pyridine rings is 1. The van der Waals surface area contributed by atoms with Crippen LogP contribution in [0.25, 0.3) is 0 Å². The van der Waals surface area contributed by atoms with Crippen LogP contribution in [0.15, 0.2) is 42.6 Å². The van der Waals surface area contributed by atoms with E-state index >= 15 is 0 Å². The van der Waals surface area contributed by atoms with Crippen molar-refractivity contribution in [1.82, 2.24) is 14.8 Å². The van der Waals surface area contributed by atoms with E-state index in [1.807, 2.05) is 30.3 Å². The molecule has 2 aromatic rings. The number of amides is 1. The summed E-state index contributed by atoms with van der Waals surface area (Å²) in [6.45, 7) is 2.47. The molecule has 1 aromatic heterocycles. The molecule has 2 aliphatic rings. The monoisotopic (exact) mass is 435 g/mol. The molecule has 2 heterocycles. The van der Waals surface area contributed by atoms with E-state index in [1.165, 1.54) is 30.4 Å². The molecular formula is C27H37N3O2. The summed E-state index contributed by atoms with van der Waals surface area (Å²) in [5.41, 5.74) is 3.58. The standard InChI is InChI=1S/C27H37N3O2/c1-29(24-10-4-3-5-11-24)27(31)20-30-15-7-9-23(19-30)26-14-13-22(18-28-26)16-21-8-6-12-25(17-21)32-2/h6,8,12-14,17-18,23-24H,3-5,7,9-11,15-16,19-20H2,1-2H3/t23-/m0/s1. The molecule has 172 valence electrons. The van der Waals surface area contributed by atoms with Gasteiger partial charge >= 0.3 is 0 Å². The highest BCUT2D eigenvalue weighted by Crippen LogP contribution is 2.27. The predicted molar refractivity (Wildman–Crippen MR) is 128 cm³/mol. The van der Waals surface area contributed by atoms with Gasteiger partial charge in [-0.15, -0.1) is 0 Å². The largest absolute Gasteiger partial charge is 0.497 e. The van der Waals surface area contributed by atoms with Crippen molar-refractivity contribution in [3.63, 3.8) is 0 Å². The number of carbonyl (C=O) groups is 1. The van der Waals surface area contributed by atoms with Crippen molar-refractivity contribution in [3.05, 3.63) is 59.4 Å². The second-order valence-corrected chi connectivity index (χ2v) is 9.49. The number of benzene rings is 1. The molecule has 0 bridgehead atoms. The lowest BCUT2D eigenvalue weighted by atomic mass is 9.93. The number of hydrogen-bond donors (Lipinski definition) is 0. The third kappa shape index (κ3) is 5.89. The third-order valence-corrected chi connectivity index (χ3v) is 7.19. The summed E-state index contributed by atoms with van der Waals surface area (Å²) in [6.07, 6.45) is 11.3. The van der Waals surface area contributed by atoms with E-state index in [4.69, 9.17) is 9.72 Å². The first-order chi connectivity index (χ1) is 15.6. The molecule has 1 aliphatic heterocycles. The van der Waals surface area contributed by atoms with Gasteiger partial charge in [0.2, 0.25) is 5.91 Å². The first kappa shape index (κ1) is 22.8. The molecule has 1 aromatic carbocycles. The lowest BCUT2D eigenvalue weighted by Crippen LogP contribution is -2.46. The number of likely N-dealkylation sites (N-methyl/N-ethyl adjacent to an activating group) is 1. The smallest absolute Gasteiger partial charge is 0.236 e. The topological polar surface area (TPSA) is 45.7 Å². The number of methoxy groups -OCH3 is 1. The average Bonchev–Trinajstić information content (AvgIpc) is 2.85. The second kappa shape index (κ2) is 11.0. The van der Waals surface area contributed by atoms with Gasteiger partial charge in [0, 0.05) is 37.4 Å². The van der Waals surface area contributed by atoms with Crippen LogP contribution in [0.2, 0.25) is 0 Å². The minimum Gasteiger partial charge on any atom is -0.497 e. The lowest BCUT2D eigenvalue weighted by Gasteiger charge is -2.36. The van der Waals surface area contributed by atoms with Crippen molar-refractivity contribution in [2.45, 2.75) is 63.3 Å². The SMILES string of the molecule is COc1cccc(Cc2ccc([C@H]3CCCN(CC(=O)N(C)C4CCCCC4)C3)nc2)c1. The van der Waals surface area contributed by atoms with Crippen LogP contribution in [0, 0.1) is 0 Å². The van der Waals surface area contributed by atoms with Crippen molar-refractivity contribution in [2.75, 3.05) is 33.8 Å². The van der Waals surface area contributed by atoms with Crippen molar-refractivity contribution in [3.8, 4) is 5.75 Å². The highest BCUT2D eigenvalue weighted by Gasteiger charge is 2.27. The molecule has 5 nitrogen and oxygen atoms in total. The summed E-state index contributed by atoms with van der Waals surface area (Å²) in [6, 6.07) is 13.0. The van der Waals surface area contributed by atoms with E-state index in [-0.39, 0.29) is 5.91 Å². The average molecular weight is 436 g/mol. The van der Waals surface area contributed by atoms with Crippen LogP contribution in [0.3, 0.4) is 0 Å². The Balaban J connectivity index is 1.32. The zero-order valence-electron chi connectivity index (χ0n) is 19.6. The molecular weight excluding hydrogens is 398 g/mol. The molecule has 2 fully saturated rings. The van der Waals surface area contributed by atoms with E-state index in [0.717, 1.165) is 56.6 Å². The van der Waals surface area contributed by atoms with E-state index in [2.05, 4.69) is 29.2 Å². The maximum Gasteiger partial charge on any atom is 0.236 e. The Morgan fingerprint density at radius 1 is 1.09 bits per heavy atom. The van der Waals surface area contributed by atoms with E-state index in [1.54, 1.807) is 7.11 Å². The summed E-state index contributed by atoms with van der Waals surface area (Å²) < 4.78 is 5.33. The van der Waals surface area contributed by atoms with Crippen LogP contribution < -0.4 is 4.74 Å². The zero-order chi connectivity index (χ0) is 22.3. The molecule has 0 spiro atoms. The summed E-state index contributed by atoms with van der Waals surface area (Å²) in [4.78, 5) is 22.0. The van der Waals surface area contributed by atoms with Crippen molar-refractivity contribution < 1.29 is 9.53 Å². The third-order valence-electron chi connectivity index (χ3n) is 7.19. The summed E-state index contributed by atoms with van der Waals surface area (Å²) in [5, 5.41) is 0. The molecule has 1 saturated carbocycles. The Hall–Kier alpha value is -2.40. The van der Waals surface area contributed by atoms with Gasteiger partial charge < -0.3 is 9.64 Å². The Bertz CT molecular complexity index is 877. The minimum absolute atomic E-state index is 0.277. The Morgan fingerprint density at radius 2 is 1.94 bits per heavy atom.